The maximum Gasteiger partial charge on any atom is 0.191 e. The largest absolute Gasteiger partial charge is 0.507 e. The highest BCUT2D eigenvalue weighted by atomic mass is 79.9. The molecule has 0 amide bonds. The lowest BCUT2D eigenvalue weighted by Gasteiger charge is -2.27. The lowest BCUT2D eigenvalue weighted by molar-refractivity contribution is 0.0674. The van der Waals surface area contributed by atoms with Crippen LogP contribution in [0.2, 0.25) is 0 Å². The maximum atomic E-state index is 9.40. The molecule has 0 aromatic heterocycles. The van der Waals surface area contributed by atoms with Crippen LogP contribution >= 0.6 is 15.9 Å². The van der Waals surface area contributed by atoms with Crippen molar-refractivity contribution in [3.8, 4) is 5.75 Å². The van der Waals surface area contributed by atoms with Gasteiger partial charge in [-0.2, -0.15) is 0 Å². The SMILES string of the molecule is NC(=NCc1ccc(O)c(Br)c1)N1CCOCC1. The molecule has 1 fully saturated rings. The highest BCUT2D eigenvalue weighted by Crippen LogP contribution is 2.24. The number of aliphatic imine (C=N–C) groups is 1. The van der Waals surface area contributed by atoms with E-state index in [9.17, 15) is 5.11 Å². The van der Waals surface area contributed by atoms with E-state index in [1.165, 1.54) is 0 Å². The van der Waals surface area contributed by atoms with Crippen LogP contribution in [0.15, 0.2) is 27.7 Å². The molecule has 5 nitrogen and oxygen atoms in total. The molecule has 2 rings (SSSR count). The van der Waals surface area contributed by atoms with E-state index in [1.807, 2.05) is 17.0 Å². The van der Waals surface area contributed by atoms with Crippen molar-refractivity contribution in [3.05, 3.63) is 28.2 Å². The van der Waals surface area contributed by atoms with Gasteiger partial charge >= 0.3 is 0 Å². The quantitative estimate of drug-likeness (QED) is 0.638. The van der Waals surface area contributed by atoms with E-state index in [0.29, 0.717) is 30.2 Å². The number of halogens is 1. The zero-order chi connectivity index (χ0) is 13.0. The zero-order valence-electron chi connectivity index (χ0n) is 9.97. The number of phenols is 1. The van der Waals surface area contributed by atoms with Gasteiger partial charge in [0.25, 0.3) is 0 Å². The molecule has 1 aliphatic rings. The molecule has 0 unspecified atom stereocenters. The fraction of sp³-hybridized carbons (Fsp3) is 0.417. The van der Waals surface area contributed by atoms with E-state index in [0.717, 1.165) is 18.7 Å². The van der Waals surface area contributed by atoms with Crippen LogP contribution in [-0.2, 0) is 11.3 Å². The van der Waals surface area contributed by atoms with Gasteiger partial charge in [0, 0.05) is 13.1 Å². The smallest absolute Gasteiger partial charge is 0.191 e. The number of hydrogen-bond acceptors (Lipinski definition) is 3. The van der Waals surface area contributed by atoms with E-state index < -0.39 is 0 Å². The average molecular weight is 314 g/mol. The van der Waals surface area contributed by atoms with Gasteiger partial charge in [0.15, 0.2) is 5.96 Å². The van der Waals surface area contributed by atoms with Crippen LogP contribution in [0.3, 0.4) is 0 Å². The Balaban J connectivity index is 1.98. The first-order valence-electron chi connectivity index (χ1n) is 5.77. The maximum absolute atomic E-state index is 9.40. The van der Waals surface area contributed by atoms with Gasteiger partial charge < -0.3 is 20.5 Å². The summed E-state index contributed by atoms with van der Waals surface area (Å²) in [4.78, 5) is 6.36. The summed E-state index contributed by atoms with van der Waals surface area (Å²) >= 11 is 3.27. The topological polar surface area (TPSA) is 71.1 Å². The van der Waals surface area contributed by atoms with E-state index in [4.69, 9.17) is 10.5 Å². The van der Waals surface area contributed by atoms with E-state index in [-0.39, 0.29) is 5.75 Å². The van der Waals surface area contributed by atoms with Gasteiger partial charge in [-0.1, -0.05) is 6.07 Å². The van der Waals surface area contributed by atoms with Crippen molar-refractivity contribution in [2.75, 3.05) is 26.3 Å². The lowest BCUT2D eigenvalue weighted by Crippen LogP contribution is -2.44. The summed E-state index contributed by atoms with van der Waals surface area (Å²) < 4.78 is 5.92. The van der Waals surface area contributed by atoms with E-state index in [1.54, 1.807) is 6.07 Å². The van der Waals surface area contributed by atoms with Crippen LogP contribution in [-0.4, -0.2) is 42.3 Å². The Kier molecular flexibility index (Phi) is 4.43. The number of hydrogen-bond donors (Lipinski definition) is 2. The van der Waals surface area contributed by atoms with Gasteiger partial charge in [-0.15, -0.1) is 0 Å². The second kappa shape index (κ2) is 6.06. The Morgan fingerprint density at radius 1 is 1.44 bits per heavy atom. The Morgan fingerprint density at radius 2 is 2.17 bits per heavy atom. The minimum atomic E-state index is 0.226. The zero-order valence-corrected chi connectivity index (χ0v) is 11.6. The molecular formula is C12H16BrN3O2. The third-order valence-electron chi connectivity index (χ3n) is 2.77. The Labute approximate surface area is 114 Å². The number of benzene rings is 1. The molecule has 1 aliphatic heterocycles. The first-order chi connectivity index (χ1) is 8.66. The van der Waals surface area contributed by atoms with Crippen molar-refractivity contribution < 1.29 is 9.84 Å². The number of aromatic hydroxyl groups is 1. The van der Waals surface area contributed by atoms with Gasteiger partial charge in [0.2, 0.25) is 0 Å². The van der Waals surface area contributed by atoms with Gasteiger partial charge in [-0.05, 0) is 33.6 Å². The monoisotopic (exact) mass is 313 g/mol. The fourth-order valence-corrected chi connectivity index (χ4v) is 2.14. The molecule has 0 atom stereocenters. The fourth-order valence-electron chi connectivity index (χ4n) is 1.71. The van der Waals surface area contributed by atoms with Crippen molar-refractivity contribution in [3.63, 3.8) is 0 Å². The summed E-state index contributed by atoms with van der Waals surface area (Å²) in [5.41, 5.74) is 6.92. The first-order valence-corrected chi connectivity index (χ1v) is 6.56. The van der Waals surface area contributed by atoms with Gasteiger partial charge in [-0.3, -0.25) is 0 Å². The van der Waals surface area contributed by atoms with Crippen LogP contribution in [0, 0.1) is 0 Å². The van der Waals surface area contributed by atoms with Crippen molar-refractivity contribution in [1.29, 1.82) is 0 Å². The van der Waals surface area contributed by atoms with Crippen molar-refractivity contribution in [2.24, 2.45) is 10.7 Å². The Hall–Kier alpha value is -1.27. The summed E-state index contributed by atoms with van der Waals surface area (Å²) in [5.74, 6) is 0.770. The summed E-state index contributed by atoms with van der Waals surface area (Å²) in [6.45, 7) is 3.47. The molecule has 6 heteroatoms. The van der Waals surface area contributed by atoms with Crippen LogP contribution in [0.25, 0.3) is 0 Å². The molecule has 1 aromatic carbocycles. The van der Waals surface area contributed by atoms with Crippen molar-refractivity contribution >= 4 is 21.9 Å². The summed E-state index contributed by atoms with van der Waals surface area (Å²) in [7, 11) is 0. The molecule has 0 saturated carbocycles. The Morgan fingerprint density at radius 3 is 2.83 bits per heavy atom. The molecule has 0 bridgehead atoms. The average Bonchev–Trinajstić information content (AvgIpc) is 2.41. The molecule has 0 spiro atoms. The molecule has 1 saturated heterocycles. The van der Waals surface area contributed by atoms with Gasteiger partial charge in [0.1, 0.15) is 5.75 Å². The summed E-state index contributed by atoms with van der Waals surface area (Å²) in [6, 6.07) is 5.31. The van der Waals surface area contributed by atoms with Crippen LogP contribution in [0.5, 0.6) is 5.75 Å². The number of phenolic OH excluding ortho intramolecular Hbond substituents is 1. The van der Waals surface area contributed by atoms with Crippen molar-refractivity contribution in [1.82, 2.24) is 4.90 Å². The predicted octanol–water partition coefficient (Wildman–Crippen LogP) is 1.30. The van der Waals surface area contributed by atoms with Crippen LogP contribution in [0.4, 0.5) is 0 Å². The molecular weight excluding hydrogens is 298 g/mol. The van der Waals surface area contributed by atoms with Crippen molar-refractivity contribution in [2.45, 2.75) is 6.54 Å². The number of nitrogens with zero attached hydrogens (tertiary/aromatic N) is 2. The normalized spacial score (nSPS) is 16.9. The predicted molar refractivity (Wildman–Crippen MR) is 73.5 cm³/mol. The third-order valence-corrected chi connectivity index (χ3v) is 3.41. The number of nitrogens with two attached hydrogens (primary N) is 1. The van der Waals surface area contributed by atoms with E-state index >= 15 is 0 Å². The minimum Gasteiger partial charge on any atom is -0.507 e. The van der Waals surface area contributed by atoms with Crippen LogP contribution in [0.1, 0.15) is 5.56 Å². The highest BCUT2D eigenvalue weighted by molar-refractivity contribution is 9.10. The van der Waals surface area contributed by atoms with Gasteiger partial charge in [-0.25, -0.2) is 4.99 Å². The number of rotatable bonds is 2. The lowest BCUT2D eigenvalue weighted by atomic mass is 10.2. The highest BCUT2D eigenvalue weighted by Gasteiger charge is 2.11. The summed E-state index contributed by atoms with van der Waals surface area (Å²) in [5, 5.41) is 9.40. The van der Waals surface area contributed by atoms with Crippen LogP contribution < -0.4 is 5.73 Å². The number of guanidine groups is 1. The standard InChI is InChI=1S/C12H16BrN3O2/c13-10-7-9(1-2-11(10)17)8-15-12(14)16-3-5-18-6-4-16/h1-2,7,17H,3-6,8H2,(H2,14,15). The molecule has 1 heterocycles. The molecule has 1 aromatic rings. The number of ether oxygens (including phenoxy) is 1. The molecule has 0 radical (unpaired) electrons. The molecule has 98 valence electrons. The Bertz CT molecular complexity index is 445. The van der Waals surface area contributed by atoms with Gasteiger partial charge in [0.05, 0.1) is 24.2 Å². The molecule has 18 heavy (non-hydrogen) atoms. The third kappa shape index (κ3) is 3.36. The first kappa shape index (κ1) is 13.2. The van der Waals surface area contributed by atoms with E-state index in [2.05, 4.69) is 20.9 Å². The minimum absolute atomic E-state index is 0.226. The number of morpholine rings is 1. The summed E-state index contributed by atoms with van der Waals surface area (Å²) in [6.07, 6.45) is 0. The second-order valence-electron chi connectivity index (χ2n) is 4.06. The molecule has 0 aliphatic carbocycles. The second-order valence-corrected chi connectivity index (χ2v) is 4.91. The molecule has 3 N–H and O–H groups in total.